The molecule has 7 heteroatoms. The van der Waals surface area contributed by atoms with Gasteiger partial charge < -0.3 is 5.32 Å². The van der Waals surface area contributed by atoms with Gasteiger partial charge in [-0.25, -0.2) is 4.98 Å². The summed E-state index contributed by atoms with van der Waals surface area (Å²) in [5.74, 6) is 0.0776. The van der Waals surface area contributed by atoms with E-state index in [4.69, 9.17) is 11.6 Å². The number of aromatic nitrogens is 2. The Morgan fingerprint density at radius 3 is 2.79 bits per heavy atom. The van der Waals surface area contributed by atoms with Crippen LogP contribution in [0.2, 0.25) is 5.02 Å². The number of nitrogens with zero attached hydrogens (tertiary/aromatic N) is 2. The summed E-state index contributed by atoms with van der Waals surface area (Å²) in [5, 5.41) is 4.32. The molecule has 0 unspecified atom stereocenters. The average molecular weight is 414 g/mol. The molecule has 2 aromatic carbocycles. The summed E-state index contributed by atoms with van der Waals surface area (Å²) in [6.45, 7) is 4.57. The maximum atomic E-state index is 12.8. The predicted molar refractivity (Wildman–Crippen MR) is 115 cm³/mol. The molecule has 1 N–H and O–H groups in total. The van der Waals surface area contributed by atoms with Crippen LogP contribution in [0.5, 0.6) is 0 Å². The number of nitrogens with one attached hydrogen (secondary N) is 1. The summed E-state index contributed by atoms with van der Waals surface area (Å²) in [6, 6.07) is 15.0. The van der Waals surface area contributed by atoms with Gasteiger partial charge in [-0.1, -0.05) is 59.8 Å². The molecule has 0 aliphatic carbocycles. The van der Waals surface area contributed by atoms with Crippen molar-refractivity contribution in [2.45, 2.75) is 18.1 Å². The van der Waals surface area contributed by atoms with Crippen LogP contribution in [-0.2, 0) is 17.8 Å². The number of fused-ring (bicyclic) bond motifs is 1. The molecule has 28 heavy (non-hydrogen) atoms. The molecule has 1 heterocycles. The van der Waals surface area contributed by atoms with Gasteiger partial charge in [-0.05, 0) is 30.2 Å². The molecule has 0 saturated carbocycles. The number of rotatable bonds is 8. The van der Waals surface area contributed by atoms with E-state index in [9.17, 15) is 9.59 Å². The van der Waals surface area contributed by atoms with Crippen LogP contribution in [0, 0.1) is 0 Å². The van der Waals surface area contributed by atoms with E-state index >= 15 is 0 Å². The minimum absolute atomic E-state index is 0.100. The number of hydrogen-bond donors (Lipinski definition) is 1. The highest BCUT2D eigenvalue weighted by molar-refractivity contribution is 7.99. The van der Waals surface area contributed by atoms with Crippen LogP contribution in [0.3, 0.4) is 0 Å². The fourth-order valence-electron chi connectivity index (χ4n) is 2.75. The summed E-state index contributed by atoms with van der Waals surface area (Å²) in [7, 11) is 0. The smallest absolute Gasteiger partial charge is 0.262 e. The van der Waals surface area contributed by atoms with E-state index in [0.29, 0.717) is 34.2 Å². The monoisotopic (exact) mass is 413 g/mol. The number of carbonyl (C=O) groups is 1. The molecule has 0 radical (unpaired) electrons. The zero-order valence-corrected chi connectivity index (χ0v) is 16.8. The van der Waals surface area contributed by atoms with Crippen LogP contribution < -0.4 is 10.9 Å². The number of halogens is 1. The summed E-state index contributed by atoms with van der Waals surface area (Å²) < 4.78 is 1.51. The second kappa shape index (κ2) is 9.57. The molecule has 1 aromatic heterocycles. The predicted octanol–water partition coefficient (Wildman–Crippen LogP) is 3.69. The molecule has 5 nitrogen and oxygen atoms in total. The van der Waals surface area contributed by atoms with Crippen molar-refractivity contribution in [1.29, 1.82) is 0 Å². The van der Waals surface area contributed by atoms with Gasteiger partial charge in [0.1, 0.15) is 0 Å². The van der Waals surface area contributed by atoms with Gasteiger partial charge in [0.25, 0.3) is 5.56 Å². The normalized spacial score (nSPS) is 10.8. The van der Waals surface area contributed by atoms with Gasteiger partial charge in [0.15, 0.2) is 5.16 Å². The van der Waals surface area contributed by atoms with Crippen LogP contribution >= 0.6 is 23.4 Å². The van der Waals surface area contributed by atoms with E-state index in [1.165, 1.54) is 21.9 Å². The van der Waals surface area contributed by atoms with Gasteiger partial charge >= 0.3 is 0 Å². The summed E-state index contributed by atoms with van der Waals surface area (Å²) in [6.07, 6.45) is 2.40. The summed E-state index contributed by atoms with van der Waals surface area (Å²) >= 11 is 7.23. The number of amides is 1. The fourth-order valence-corrected chi connectivity index (χ4v) is 3.76. The molecule has 0 aliphatic rings. The molecule has 144 valence electrons. The standard InChI is InChI=1S/C21H20ClN3O2S/c1-2-12-25-20(27)17-13-16(22)8-9-18(17)24-21(25)28-14-19(26)23-11-10-15-6-4-3-5-7-15/h2-9,13H,1,10-12,14H2,(H,23,26). The minimum Gasteiger partial charge on any atom is -0.355 e. The van der Waals surface area contributed by atoms with Crippen molar-refractivity contribution in [3.05, 3.63) is 82.1 Å². The Bertz CT molecular complexity index is 1050. The van der Waals surface area contributed by atoms with Crippen molar-refractivity contribution in [1.82, 2.24) is 14.9 Å². The van der Waals surface area contributed by atoms with Crippen molar-refractivity contribution in [3.8, 4) is 0 Å². The molecule has 3 rings (SSSR count). The SMILES string of the molecule is C=CCn1c(SCC(=O)NCCc2ccccc2)nc2ccc(Cl)cc2c1=O. The van der Waals surface area contributed by atoms with Crippen molar-refractivity contribution in [2.24, 2.45) is 0 Å². The van der Waals surface area contributed by atoms with E-state index in [1.807, 2.05) is 30.3 Å². The maximum absolute atomic E-state index is 12.8. The van der Waals surface area contributed by atoms with E-state index in [-0.39, 0.29) is 17.2 Å². The Morgan fingerprint density at radius 1 is 1.25 bits per heavy atom. The van der Waals surface area contributed by atoms with Crippen LogP contribution in [0.4, 0.5) is 0 Å². The highest BCUT2D eigenvalue weighted by atomic mass is 35.5. The second-order valence-corrected chi connectivity index (χ2v) is 7.51. The molecule has 0 fully saturated rings. The van der Waals surface area contributed by atoms with E-state index in [2.05, 4.69) is 16.9 Å². The lowest BCUT2D eigenvalue weighted by atomic mass is 10.1. The first-order valence-corrected chi connectivity index (χ1v) is 10.2. The lowest BCUT2D eigenvalue weighted by molar-refractivity contribution is -0.118. The van der Waals surface area contributed by atoms with Crippen molar-refractivity contribution >= 4 is 40.2 Å². The van der Waals surface area contributed by atoms with Crippen LogP contribution in [0.1, 0.15) is 5.56 Å². The largest absolute Gasteiger partial charge is 0.355 e. The van der Waals surface area contributed by atoms with Crippen molar-refractivity contribution < 1.29 is 4.79 Å². The molecular formula is C21H20ClN3O2S. The van der Waals surface area contributed by atoms with Gasteiger partial charge in [-0.15, -0.1) is 6.58 Å². The lowest BCUT2D eigenvalue weighted by Crippen LogP contribution is -2.28. The minimum atomic E-state index is -0.195. The Kier molecular flexibility index (Phi) is 6.90. The number of benzene rings is 2. The van der Waals surface area contributed by atoms with Gasteiger partial charge in [-0.2, -0.15) is 0 Å². The lowest BCUT2D eigenvalue weighted by Gasteiger charge is -2.11. The Hall–Kier alpha value is -2.57. The highest BCUT2D eigenvalue weighted by Crippen LogP contribution is 2.20. The second-order valence-electron chi connectivity index (χ2n) is 6.13. The maximum Gasteiger partial charge on any atom is 0.262 e. The molecule has 0 bridgehead atoms. The van der Waals surface area contributed by atoms with E-state index in [1.54, 1.807) is 24.3 Å². The zero-order chi connectivity index (χ0) is 19.9. The first-order chi connectivity index (χ1) is 13.6. The number of carbonyl (C=O) groups excluding carboxylic acids is 1. The molecule has 3 aromatic rings. The molecular weight excluding hydrogens is 394 g/mol. The fraction of sp³-hybridized carbons (Fsp3) is 0.190. The summed E-state index contributed by atoms with van der Waals surface area (Å²) in [5.41, 5.74) is 1.53. The Balaban J connectivity index is 1.68. The van der Waals surface area contributed by atoms with Crippen LogP contribution in [0.15, 0.2) is 71.1 Å². The third-order valence-corrected chi connectivity index (χ3v) is 5.32. The number of thioether (sulfide) groups is 1. The highest BCUT2D eigenvalue weighted by Gasteiger charge is 2.13. The topological polar surface area (TPSA) is 64.0 Å². The first kappa shape index (κ1) is 20.2. The Labute approximate surface area is 172 Å². The molecule has 0 spiro atoms. The van der Waals surface area contributed by atoms with E-state index in [0.717, 1.165) is 6.42 Å². The molecule has 0 atom stereocenters. The number of allylic oxidation sites excluding steroid dienone is 1. The average Bonchev–Trinajstić information content (AvgIpc) is 2.70. The summed E-state index contributed by atoms with van der Waals surface area (Å²) in [4.78, 5) is 29.5. The van der Waals surface area contributed by atoms with Crippen LogP contribution in [-0.4, -0.2) is 27.8 Å². The van der Waals surface area contributed by atoms with Crippen molar-refractivity contribution in [3.63, 3.8) is 0 Å². The number of hydrogen-bond acceptors (Lipinski definition) is 4. The molecule has 0 aliphatic heterocycles. The quantitative estimate of drug-likeness (QED) is 0.347. The molecule has 0 saturated heterocycles. The Morgan fingerprint density at radius 2 is 2.04 bits per heavy atom. The van der Waals surface area contributed by atoms with Gasteiger partial charge in [0.05, 0.1) is 16.7 Å². The first-order valence-electron chi connectivity index (χ1n) is 8.83. The third-order valence-electron chi connectivity index (χ3n) is 4.10. The van der Waals surface area contributed by atoms with Gasteiger partial charge in [0, 0.05) is 18.1 Å². The van der Waals surface area contributed by atoms with Crippen LogP contribution in [0.25, 0.3) is 10.9 Å². The van der Waals surface area contributed by atoms with Crippen molar-refractivity contribution in [2.75, 3.05) is 12.3 Å². The van der Waals surface area contributed by atoms with Gasteiger partial charge in [-0.3, -0.25) is 14.2 Å². The van der Waals surface area contributed by atoms with E-state index < -0.39 is 0 Å². The zero-order valence-electron chi connectivity index (χ0n) is 15.2. The van der Waals surface area contributed by atoms with Gasteiger partial charge in [0.2, 0.25) is 5.91 Å². The third kappa shape index (κ3) is 5.03. The molecule has 1 amide bonds.